The first-order valence-corrected chi connectivity index (χ1v) is 5.41. The van der Waals surface area contributed by atoms with Crippen molar-refractivity contribution in [2.75, 3.05) is 7.11 Å². The normalized spacial score (nSPS) is 9.77. The van der Waals surface area contributed by atoms with Crippen LogP contribution in [0.25, 0.3) is 6.08 Å². The Balaban J connectivity index is 2.75. The quantitative estimate of drug-likeness (QED) is 0.822. The van der Waals surface area contributed by atoms with Crippen molar-refractivity contribution in [2.45, 2.75) is 6.61 Å². The van der Waals surface area contributed by atoms with Crippen LogP contribution in [0.4, 0.5) is 0 Å². The van der Waals surface area contributed by atoms with Crippen molar-refractivity contribution in [3.8, 4) is 0 Å². The van der Waals surface area contributed by atoms with Gasteiger partial charge in [-0.1, -0.05) is 24.3 Å². The van der Waals surface area contributed by atoms with E-state index in [9.17, 15) is 0 Å². The molecule has 0 aliphatic heterocycles. The van der Waals surface area contributed by atoms with Crippen molar-refractivity contribution in [3.63, 3.8) is 0 Å². The Morgan fingerprint density at radius 3 is 2.38 bits per heavy atom. The Morgan fingerprint density at radius 1 is 1.31 bits per heavy atom. The molecule has 0 amide bonds. The number of hydrogen-bond acceptors (Lipinski definition) is 1. The Labute approximate surface area is 95.1 Å². The number of benzene rings is 1. The topological polar surface area (TPSA) is 9.23 Å². The van der Waals surface area contributed by atoms with E-state index in [1.165, 1.54) is 5.56 Å². The summed E-state index contributed by atoms with van der Waals surface area (Å²) in [4.78, 5) is 0. The summed E-state index contributed by atoms with van der Waals surface area (Å²) in [5.41, 5.74) is 2.34. The van der Waals surface area contributed by atoms with E-state index in [-0.39, 0.29) is 0 Å². The van der Waals surface area contributed by atoms with Gasteiger partial charge in [0.25, 0.3) is 0 Å². The molecule has 1 aromatic carbocycles. The molecule has 1 aromatic rings. The van der Waals surface area contributed by atoms with Gasteiger partial charge in [0, 0.05) is 7.11 Å². The third-order valence-corrected chi connectivity index (χ3v) is 2.02. The molecule has 0 bridgehead atoms. The SMILES string of the molecule is COCc1ccc(C=C(Br)Br)cc1. The van der Waals surface area contributed by atoms with E-state index in [0.29, 0.717) is 6.61 Å². The van der Waals surface area contributed by atoms with E-state index in [2.05, 4.69) is 56.1 Å². The molecule has 0 aliphatic rings. The lowest BCUT2D eigenvalue weighted by atomic mass is 10.1. The van der Waals surface area contributed by atoms with Gasteiger partial charge in [-0.15, -0.1) is 0 Å². The largest absolute Gasteiger partial charge is 0.380 e. The highest BCUT2D eigenvalue weighted by Crippen LogP contribution is 2.18. The van der Waals surface area contributed by atoms with Gasteiger partial charge in [-0.2, -0.15) is 0 Å². The second kappa shape index (κ2) is 5.58. The predicted molar refractivity (Wildman–Crippen MR) is 63.0 cm³/mol. The van der Waals surface area contributed by atoms with E-state index < -0.39 is 0 Å². The summed E-state index contributed by atoms with van der Waals surface area (Å²) >= 11 is 6.63. The van der Waals surface area contributed by atoms with Gasteiger partial charge in [0.15, 0.2) is 0 Å². The lowest BCUT2D eigenvalue weighted by Gasteiger charge is -1.99. The van der Waals surface area contributed by atoms with Gasteiger partial charge in [-0.25, -0.2) is 0 Å². The van der Waals surface area contributed by atoms with E-state index in [0.717, 1.165) is 8.96 Å². The molecule has 13 heavy (non-hydrogen) atoms. The third kappa shape index (κ3) is 4.07. The smallest absolute Gasteiger partial charge is 0.0713 e. The van der Waals surface area contributed by atoms with Crippen LogP contribution in [0, 0.1) is 0 Å². The van der Waals surface area contributed by atoms with Crippen LogP contribution in [-0.4, -0.2) is 7.11 Å². The molecule has 1 rings (SSSR count). The fourth-order valence-electron chi connectivity index (χ4n) is 1.00. The number of halogens is 2. The molecule has 0 saturated carbocycles. The van der Waals surface area contributed by atoms with Crippen LogP contribution in [0.2, 0.25) is 0 Å². The molecule has 3 heteroatoms. The van der Waals surface area contributed by atoms with E-state index >= 15 is 0 Å². The molecule has 0 spiro atoms. The predicted octanol–water partition coefficient (Wildman–Crippen LogP) is 3.92. The van der Waals surface area contributed by atoms with Gasteiger partial charge < -0.3 is 4.74 Å². The van der Waals surface area contributed by atoms with Gasteiger partial charge in [-0.05, 0) is 49.1 Å². The standard InChI is InChI=1S/C10H10Br2O/c1-13-7-9-4-2-8(3-5-9)6-10(11)12/h2-6H,7H2,1H3. The first kappa shape index (κ1) is 11.0. The summed E-state index contributed by atoms with van der Waals surface area (Å²) < 4.78 is 5.96. The molecule has 0 aliphatic carbocycles. The van der Waals surface area contributed by atoms with Crippen molar-refractivity contribution in [3.05, 3.63) is 38.8 Å². The van der Waals surface area contributed by atoms with E-state index in [4.69, 9.17) is 4.74 Å². The average molecular weight is 306 g/mol. The highest BCUT2D eigenvalue weighted by molar-refractivity contribution is 9.28. The van der Waals surface area contributed by atoms with Gasteiger partial charge in [0.1, 0.15) is 0 Å². The third-order valence-electron chi connectivity index (χ3n) is 1.57. The van der Waals surface area contributed by atoms with Gasteiger partial charge in [0.05, 0.1) is 10.00 Å². The summed E-state index contributed by atoms with van der Waals surface area (Å²) in [6.07, 6.45) is 2.00. The molecule has 0 N–H and O–H groups in total. The second-order valence-corrected chi connectivity index (χ2v) is 5.38. The highest BCUT2D eigenvalue weighted by Gasteiger charge is 1.92. The maximum atomic E-state index is 5.01. The number of hydrogen-bond donors (Lipinski definition) is 0. The minimum Gasteiger partial charge on any atom is -0.380 e. The summed E-state index contributed by atoms with van der Waals surface area (Å²) in [5.74, 6) is 0. The first-order valence-electron chi connectivity index (χ1n) is 3.83. The number of methoxy groups -OCH3 is 1. The highest BCUT2D eigenvalue weighted by atomic mass is 79.9. The molecule has 0 unspecified atom stereocenters. The molecule has 70 valence electrons. The summed E-state index contributed by atoms with van der Waals surface area (Å²) in [6, 6.07) is 8.21. The Bertz CT molecular complexity index is 286. The van der Waals surface area contributed by atoms with Crippen molar-refractivity contribution in [1.82, 2.24) is 0 Å². The zero-order valence-corrected chi connectivity index (χ0v) is 10.4. The minimum atomic E-state index is 0.666. The maximum Gasteiger partial charge on any atom is 0.0713 e. The van der Waals surface area contributed by atoms with Crippen molar-refractivity contribution in [2.24, 2.45) is 0 Å². The van der Waals surface area contributed by atoms with Crippen LogP contribution in [0.1, 0.15) is 11.1 Å². The molecule has 0 aromatic heterocycles. The zero-order chi connectivity index (χ0) is 9.68. The van der Waals surface area contributed by atoms with E-state index in [1.807, 2.05) is 6.08 Å². The minimum absolute atomic E-state index is 0.666. The van der Waals surface area contributed by atoms with Gasteiger partial charge >= 0.3 is 0 Å². The molecule has 1 nitrogen and oxygen atoms in total. The summed E-state index contributed by atoms with van der Waals surface area (Å²) in [7, 11) is 1.70. The fraction of sp³-hybridized carbons (Fsp3) is 0.200. The zero-order valence-electron chi connectivity index (χ0n) is 7.26. The molecular weight excluding hydrogens is 296 g/mol. The number of rotatable bonds is 3. The molecule has 0 heterocycles. The fourth-order valence-corrected chi connectivity index (χ4v) is 1.53. The Hall–Kier alpha value is -0.120. The molecule has 0 fully saturated rings. The second-order valence-electron chi connectivity index (χ2n) is 2.61. The molecule has 0 atom stereocenters. The lowest BCUT2D eigenvalue weighted by Crippen LogP contribution is -1.86. The first-order chi connectivity index (χ1) is 6.22. The van der Waals surface area contributed by atoms with Crippen molar-refractivity contribution in [1.29, 1.82) is 0 Å². The molecular formula is C10H10Br2O. The molecule has 0 radical (unpaired) electrons. The van der Waals surface area contributed by atoms with Gasteiger partial charge in [-0.3, -0.25) is 0 Å². The van der Waals surface area contributed by atoms with Gasteiger partial charge in [0.2, 0.25) is 0 Å². The monoisotopic (exact) mass is 304 g/mol. The average Bonchev–Trinajstić information content (AvgIpc) is 2.08. The van der Waals surface area contributed by atoms with Crippen LogP contribution in [0.3, 0.4) is 0 Å². The van der Waals surface area contributed by atoms with Crippen molar-refractivity contribution < 1.29 is 4.74 Å². The van der Waals surface area contributed by atoms with Crippen LogP contribution < -0.4 is 0 Å². The van der Waals surface area contributed by atoms with Crippen molar-refractivity contribution >= 4 is 37.9 Å². The number of ether oxygens (including phenoxy) is 1. The molecule has 0 saturated heterocycles. The summed E-state index contributed by atoms with van der Waals surface area (Å²) in [6.45, 7) is 0.666. The Kier molecular flexibility index (Phi) is 4.70. The Morgan fingerprint density at radius 2 is 1.92 bits per heavy atom. The van der Waals surface area contributed by atoms with Crippen LogP contribution in [0.15, 0.2) is 27.7 Å². The van der Waals surface area contributed by atoms with Crippen LogP contribution in [-0.2, 0) is 11.3 Å². The maximum absolute atomic E-state index is 5.01. The van der Waals surface area contributed by atoms with Crippen LogP contribution >= 0.6 is 31.9 Å². The van der Waals surface area contributed by atoms with Crippen LogP contribution in [0.5, 0.6) is 0 Å². The lowest BCUT2D eigenvalue weighted by molar-refractivity contribution is 0.185. The van der Waals surface area contributed by atoms with E-state index in [1.54, 1.807) is 7.11 Å². The summed E-state index contributed by atoms with van der Waals surface area (Å²) in [5, 5.41) is 0.